The standard InChI is InChI=1S/C16H15F3N2O2/c1-9-7-12(16(17,18)19)5-3-11(9)4-6-14(22)13-8-15(23)21-10(2)20-13/h3,5,7-8H,4,6H2,1-2H3,(H,20,21,23). The van der Waals surface area contributed by atoms with Gasteiger partial charge in [-0.05, 0) is 43.5 Å². The Kier molecular flexibility index (Phi) is 4.68. The largest absolute Gasteiger partial charge is 0.416 e. The van der Waals surface area contributed by atoms with Crippen LogP contribution in [0.4, 0.5) is 13.2 Å². The predicted molar refractivity (Wildman–Crippen MR) is 78.4 cm³/mol. The van der Waals surface area contributed by atoms with Crippen LogP contribution in [0.1, 0.15) is 39.4 Å². The number of hydrogen-bond donors (Lipinski definition) is 1. The van der Waals surface area contributed by atoms with Crippen molar-refractivity contribution in [3.8, 4) is 0 Å². The highest BCUT2D eigenvalue weighted by molar-refractivity contribution is 5.94. The molecule has 0 saturated carbocycles. The van der Waals surface area contributed by atoms with Crippen LogP contribution < -0.4 is 5.56 Å². The van der Waals surface area contributed by atoms with Gasteiger partial charge in [-0.2, -0.15) is 13.2 Å². The maximum Gasteiger partial charge on any atom is 0.416 e. The van der Waals surface area contributed by atoms with Crippen LogP contribution >= 0.6 is 0 Å². The lowest BCUT2D eigenvalue weighted by atomic mass is 9.99. The Bertz CT molecular complexity index is 795. The molecule has 0 unspecified atom stereocenters. The van der Waals surface area contributed by atoms with Crippen molar-refractivity contribution >= 4 is 5.78 Å². The van der Waals surface area contributed by atoms with Gasteiger partial charge in [0.1, 0.15) is 11.5 Å². The van der Waals surface area contributed by atoms with E-state index in [1.165, 1.54) is 6.07 Å². The van der Waals surface area contributed by atoms with Gasteiger partial charge in [-0.1, -0.05) is 6.07 Å². The van der Waals surface area contributed by atoms with E-state index < -0.39 is 17.3 Å². The van der Waals surface area contributed by atoms with E-state index in [9.17, 15) is 22.8 Å². The molecule has 7 heteroatoms. The summed E-state index contributed by atoms with van der Waals surface area (Å²) in [5, 5.41) is 0. The van der Waals surface area contributed by atoms with Crippen molar-refractivity contribution in [2.45, 2.75) is 32.9 Å². The number of aromatic nitrogens is 2. The lowest BCUT2D eigenvalue weighted by Gasteiger charge is -2.10. The summed E-state index contributed by atoms with van der Waals surface area (Å²) in [4.78, 5) is 29.8. The first-order valence-corrected chi connectivity index (χ1v) is 6.94. The van der Waals surface area contributed by atoms with E-state index in [0.29, 0.717) is 17.0 Å². The van der Waals surface area contributed by atoms with Crippen molar-refractivity contribution in [1.29, 1.82) is 0 Å². The number of aryl methyl sites for hydroxylation is 3. The molecule has 0 radical (unpaired) electrons. The van der Waals surface area contributed by atoms with Crippen LogP contribution in [0.15, 0.2) is 29.1 Å². The first-order chi connectivity index (χ1) is 10.7. The molecule has 4 nitrogen and oxygen atoms in total. The van der Waals surface area contributed by atoms with Crippen molar-refractivity contribution in [3.63, 3.8) is 0 Å². The zero-order valence-corrected chi connectivity index (χ0v) is 12.6. The number of ketones is 1. The number of nitrogens with one attached hydrogen (secondary N) is 1. The average Bonchev–Trinajstić information content (AvgIpc) is 2.43. The van der Waals surface area contributed by atoms with E-state index in [1.54, 1.807) is 13.8 Å². The third-order valence-corrected chi connectivity index (χ3v) is 3.44. The van der Waals surface area contributed by atoms with E-state index in [2.05, 4.69) is 9.97 Å². The van der Waals surface area contributed by atoms with Crippen LogP contribution in [-0.2, 0) is 12.6 Å². The molecule has 0 amide bonds. The molecule has 2 rings (SSSR count). The summed E-state index contributed by atoms with van der Waals surface area (Å²) in [6.45, 7) is 3.14. The lowest BCUT2D eigenvalue weighted by molar-refractivity contribution is -0.137. The molecule has 1 aromatic carbocycles. The fraction of sp³-hybridized carbons (Fsp3) is 0.312. The fourth-order valence-corrected chi connectivity index (χ4v) is 2.25. The van der Waals surface area contributed by atoms with Crippen LogP contribution in [0, 0.1) is 13.8 Å². The zero-order valence-electron chi connectivity index (χ0n) is 12.6. The summed E-state index contributed by atoms with van der Waals surface area (Å²) in [7, 11) is 0. The number of alkyl halides is 3. The van der Waals surface area contributed by atoms with E-state index in [4.69, 9.17) is 0 Å². The maximum atomic E-state index is 12.6. The van der Waals surface area contributed by atoms with Gasteiger partial charge in [0.25, 0.3) is 5.56 Å². The summed E-state index contributed by atoms with van der Waals surface area (Å²) in [6, 6.07) is 4.56. The maximum absolute atomic E-state index is 12.6. The summed E-state index contributed by atoms with van der Waals surface area (Å²) in [6.07, 6.45) is -4.02. The van der Waals surface area contributed by atoms with Gasteiger partial charge in [-0.3, -0.25) is 9.59 Å². The number of aromatic amines is 1. The molecule has 0 aliphatic heterocycles. The highest BCUT2D eigenvalue weighted by Crippen LogP contribution is 2.30. The summed E-state index contributed by atoms with van der Waals surface area (Å²) in [5.74, 6) is 0.0186. The number of hydrogen-bond acceptors (Lipinski definition) is 3. The fourth-order valence-electron chi connectivity index (χ4n) is 2.25. The number of H-pyrrole nitrogens is 1. The van der Waals surface area contributed by atoms with Crippen LogP contribution in [0.5, 0.6) is 0 Å². The highest BCUT2D eigenvalue weighted by Gasteiger charge is 2.30. The third kappa shape index (κ3) is 4.28. The minimum absolute atomic E-state index is 0.0656. The summed E-state index contributed by atoms with van der Waals surface area (Å²) >= 11 is 0. The van der Waals surface area contributed by atoms with Gasteiger partial charge in [0, 0.05) is 12.5 Å². The SMILES string of the molecule is Cc1nc(C(=O)CCc2ccc(C(F)(F)F)cc2C)cc(=O)[nH]1. The highest BCUT2D eigenvalue weighted by atomic mass is 19.4. The van der Waals surface area contributed by atoms with Crippen molar-refractivity contribution in [3.05, 3.63) is 62.8 Å². The van der Waals surface area contributed by atoms with Gasteiger partial charge in [-0.15, -0.1) is 0 Å². The number of carbonyl (C=O) groups is 1. The quantitative estimate of drug-likeness (QED) is 0.878. The van der Waals surface area contributed by atoms with Crippen molar-refractivity contribution in [2.75, 3.05) is 0 Å². The molecular weight excluding hydrogens is 309 g/mol. The Balaban J connectivity index is 2.11. The number of nitrogens with zero attached hydrogens (tertiary/aromatic N) is 1. The summed E-state index contributed by atoms with van der Waals surface area (Å²) in [5.41, 5.74) is 0.0786. The normalized spacial score (nSPS) is 11.5. The second-order valence-corrected chi connectivity index (χ2v) is 5.28. The zero-order chi connectivity index (χ0) is 17.2. The predicted octanol–water partition coefficient (Wildman–Crippen LogP) is 3.22. The molecule has 1 N–H and O–H groups in total. The molecule has 0 saturated heterocycles. The van der Waals surface area contributed by atoms with Gasteiger partial charge in [0.15, 0.2) is 5.78 Å². The van der Waals surface area contributed by atoms with Crippen LogP contribution in [0.3, 0.4) is 0 Å². The van der Waals surface area contributed by atoms with Gasteiger partial charge in [0.05, 0.1) is 5.56 Å². The molecule has 0 fully saturated rings. The van der Waals surface area contributed by atoms with Gasteiger partial charge < -0.3 is 4.98 Å². The molecule has 1 aromatic heterocycles. The lowest BCUT2D eigenvalue weighted by Crippen LogP contribution is -2.14. The Morgan fingerprint density at radius 3 is 2.48 bits per heavy atom. The second-order valence-electron chi connectivity index (χ2n) is 5.28. The molecule has 0 spiro atoms. The molecule has 0 aliphatic rings. The molecular formula is C16H15F3N2O2. The van der Waals surface area contributed by atoms with Crippen LogP contribution in [0.25, 0.3) is 0 Å². The van der Waals surface area contributed by atoms with E-state index in [-0.39, 0.29) is 24.3 Å². The number of carbonyl (C=O) groups excluding carboxylic acids is 1. The molecule has 0 atom stereocenters. The average molecular weight is 324 g/mol. The monoisotopic (exact) mass is 324 g/mol. The number of halogens is 3. The number of benzene rings is 1. The van der Waals surface area contributed by atoms with Gasteiger partial charge in [0.2, 0.25) is 0 Å². The molecule has 122 valence electrons. The van der Waals surface area contributed by atoms with E-state index in [1.807, 2.05) is 0 Å². The van der Waals surface area contributed by atoms with Crippen molar-refractivity contribution < 1.29 is 18.0 Å². The molecule has 1 heterocycles. The van der Waals surface area contributed by atoms with E-state index >= 15 is 0 Å². The Morgan fingerprint density at radius 1 is 1.22 bits per heavy atom. The second kappa shape index (κ2) is 6.36. The Labute approximate surface area is 130 Å². The Hall–Kier alpha value is -2.44. The number of rotatable bonds is 4. The minimum Gasteiger partial charge on any atom is -0.311 e. The first-order valence-electron chi connectivity index (χ1n) is 6.94. The third-order valence-electron chi connectivity index (χ3n) is 3.44. The van der Waals surface area contributed by atoms with Crippen molar-refractivity contribution in [1.82, 2.24) is 9.97 Å². The van der Waals surface area contributed by atoms with Crippen LogP contribution in [0.2, 0.25) is 0 Å². The van der Waals surface area contributed by atoms with Gasteiger partial charge in [-0.25, -0.2) is 4.98 Å². The smallest absolute Gasteiger partial charge is 0.311 e. The number of Topliss-reactive ketones (excluding diaryl/α,β-unsaturated/α-hetero) is 1. The topological polar surface area (TPSA) is 62.8 Å². The summed E-state index contributed by atoms with van der Waals surface area (Å²) < 4.78 is 37.8. The van der Waals surface area contributed by atoms with Crippen molar-refractivity contribution in [2.24, 2.45) is 0 Å². The van der Waals surface area contributed by atoms with Gasteiger partial charge >= 0.3 is 6.18 Å². The molecule has 2 aromatic rings. The van der Waals surface area contributed by atoms with Crippen LogP contribution in [-0.4, -0.2) is 15.8 Å². The first kappa shape index (κ1) is 16.9. The minimum atomic E-state index is -4.38. The van der Waals surface area contributed by atoms with E-state index in [0.717, 1.165) is 18.2 Å². The molecule has 23 heavy (non-hydrogen) atoms. The Morgan fingerprint density at radius 2 is 1.91 bits per heavy atom. The molecule has 0 bridgehead atoms. The molecule has 0 aliphatic carbocycles.